The molecule has 1 unspecified atom stereocenters. The van der Waals surface area contributed by atoms with Gasteiger partial charge in [-0.05, 0) is 48.7 Å². The van der Waals surface area contributed by atoms with E-state index in [9.17, 15) is 18.4 Å². The van der Waals surface area contributed by atoms with Crippen LogP contribution in [0, 0.1) is 6.92 Å². The van der Waals surface area contributed by atoms with Crippen molar-refractivity contribution in [2.24, 2.45) is 0 Å². The van der Waals surface area contributed by atoms with Crippen molar-refractivity contribution in [2.45, 2.75) is 52.0 Å². The summed E-state index contributed by atoms with van der Waals surface area (Å²) in [4.78, 5) is 29.7. The van der Waals surface area contributed by atoms with Crippen LogP contribution < -0.4 is 16.6 Å². The second-order valence-electron chi connectivity index (χ2n) is 9.53. The van der Waals surface area contributed by atoms with Gasteiger partial charge in [0.05, 0.1) is 36.5 Å². The monoisotopic (exact) mass is 580 g/mol. The van der Waals surface area contributed by atoms with E-state index in [0.29, 0.717) is 28.2 Å². The molecule has 0 radical (unpaired) electrons. The first-order valence-corrected chi connectivity index (χ1v) is 12.6. The van der Waals surface area contributed by atoms with Gasteiger partial charge in [-0.3, -0.25) is 13.9 Å². The second kappa shape index (κ2) is 12.0. The molecule has 0 saturated carbocycles. The van der Waals surface area contributed by atoms with Crippen molar-refractivity contribution in [3.05, 3.63) is 85.5 Å². The molecule has 2 atom stereocenters. The van der Waals surface area contributed by atoms with Crippen molar-refractivity contribution >= 4 is 29.5 Å². The molecule has 13 heteroatoms. The van der Waals surface area contributed by atoms with Crippen LogP contribution >= 0.6 is 24.0 Å². The van der Waals surface area contributed by atoms with Crippen molar-refractivity contribution in [1.29, 1.82) is 0 Å². The molecular formula is C26H28Cl2F2N6O3. The summed E-state index contributed by atoms with van der Waals surface area (Å²) < 4.78 is 35.3. The highest BCUT2D eigenvalue weighted by atomic mass is 35.5. The molecule has 5 rings (SSSR count). The van der Waals surface area contributed by atoms with Gasteiger partial charge >= 0.3 is 5.69 Å². The van der Waals surface area contributed by atoms with E-state index in [1.807, 2.05) is 26.0 Å². The zero-order chi connectivity index (χ0) is 27.0. The molecule has 4 aromatic rings. The van der Waals surface area contributed by atoms with E-state index in [2.05, 4.69) is 15.4 Å². The molecule has 1 aliphatic heterocycles. The van der Waals surface area contributed by atoms with Gasteiger partial charge in [0.2, 0.25) is 0 Å². The standard InChI is InChI=1S/C26H27ClF2N6O3.ClH/c1-15-5-18(27)7-21(20(15)8-19-10-30-9-16(2)38-19)25-22-6-17(12-35(22)32-14-31-25)11-34-24(36)3-4-33(26(34)37)13-23(28)29;/h3-7,12,14,16,19,23,30H,8-11,13H2,1-2H3;1H/t16-,19?;/m0./s1. The van der Waals surface area contributed by atoms with E-state index in [1.54, 1.807) is 16.8 Å². The fraction of sp³-hybridized carbons (Fsp3) is 0.385. The van der Waals surface area contributed by atoms with Gasteiger partial charge in [-0.25, -0.2) is 23.1 Å². The molecule has 0 aliphatic carbocycles. The first kappa shape index (κ1) is 28.9. The van der Waals surface area contributed by atoms with Crippen molar-refractivity contribution in [3.8, 4) is 11.3 Å². The Kier molecular flexibility index (Phi) is 8.85. The predicted octanol–water partition coefficient (Wildman–Crippen LogP) is 3.34. The summed E-state index contributed by atoms with van der Waals surface area (Å²) in [7, 11) is 0. The minimum absolute atomic E-state index is 0. The zero-order valence-corrected chi connectivity index (χ0v) is 22.9. The number of nitrogens with zero attached hydrogens (tertiary/aromatic N) is 5. The summed E-state index contributed by atoms with van der Waals surface area (Å²) in [6.45, 7) is 4.67. The number of aromatic nitrogens is 5. The third-order valence-electron chi connectivity index (χ3n) is 6.63. The molecule has 3 aromatic heterocycles. The van der Waals surface area contributed by atoms with Gasteiger partial charge in [-0.15, -0.1) is 12.4 Å². The lowest BCUT2D eigenvalue weighted by Gasteiger charge is -2.30. The lowest BCUT2D eigenvalue weighted by atomic mass is 9.93. The molecule has 0 bridgehead atoms. The molecule has 9 nitrogen and oxygen atoms in total. The topological polar surface area (TPSA) is 95.5 Å². The number of halogens is 4. The highest BCUT2D eigenvalue weighted by molar-refractivity contribution is 6.31. The van der Waals surface area contributed by atoms with E-state index in [0.717, 1.165) is 51.2 Å². The quantitative estimate of drug-likeness (QED) is 0.360. The van der Waals surface area contributed by atoms with Crippen LogP contribution in [-0.2, 0) is 24.2 Å². The average molecular weight is 581 g/mol. The predicted molar refractivity (Wildman–Crippen MR) is 146 cm³/mol. The van der Waals surface area contributed by atoms with Crippen molar-refractivity contribution in [1.82, 2.24) is 29.0 Å². The average Bonchev–Trinajstić information content (AvgIpc) is 3.28. The largest absolute Gasteiger partial charge is 0.372 e. The van der Waals surface area contributed by atoms with Gasteiger partial charge in [0, 0.05) is 48.6 Å². The number of aryl methyl sites for hydroxylation is 1. The Balaban J connectivity index is 0.00000353. The lowest BCUT2D eigenvalue weighted by Crippen LogP contribution is -2.44. The van der Waals surface area contributed by atoms with Crippen LogP contribution in [0.15, 0.2) is 52.6 Å². The van der Waals surface area contributed by atoms with E-state index < -0.39 is 24.2 Å². The van der Waals surface area contributed by atoms with Crippen LogP contribution in [0.1, 0.15) is 23.6 Å². The van der Waals surface area contributed by atoms with Crippen LogP contribution in [0.5, 0.6) is 0 Å². The minimum Gasteiger partial charge on any atom is -0.372 e. The third-order valence-corrected chi connectivity index (χ3v) is 6.85. The molecule has 0 spiro atoms. The third kappa shape index (κ3) is 6.22. The molecule has 1 aromatic carbocycles. The number of nitrogens with one attached hydrogen (secondary N) is 1. The van der Waals surface area contributed by atoms with Gasteiger partial charge in [0.15, 0.2) is 0 Å². The van der Waals surface area contributed by atoms with Gasteiger partial charge in [-0.1, -0.05) is 11.6 Å². The highest BCUT2D eigenvalue weighted by Crippen LogP contribution is 2.33. The molecule has 208 valence electrons. The van der Waals surface area contributed by atoms with E-state index in [-0.39, 0.29) is 31.2 Å². The summed E-state index contributed by atoms with van der Waals surface area (Å²) in [5.74, 6) is 0. The SMILES string of the molecule is Cc1cc(Cl)cc(-c2ncnn3cc(Cn4c(=O)ccn(CC(F)F)c4=O)cc23)c1CC1CNC[C@H](C)O1.Cl. The van der Waals surface area contributed by atoms with Crippen molar-refractivity contribution in [3.63, 3.8) is 0 Å². The zero-order valence-electron chi connectivity index (χ0n) is 21.3. The Morgan fingerprint density at radius 1 is 1.23 bits per heavy atom. The van der Waals surface area contributed by atoms with Crippen LogP contribution in [-0.4, -0.2) is 55.5 Å². The number of morpholine rings is 1. The summed E-state index contributed by atoms with van der Waals surface area (Å²) in [6.07, 6.45) is 2.22. The fourth-order valence-electron chi connectivity index (χ4n) is 4.93. The van der Waals surface area contributed by atoms with Crippen LogP contribution in [0.4, 0.5) is 8.78 Å². The lowest BCUT2D eigenvalue weighted by molar-refractivity contribution is -0.0262. The molecule has 0 amide bonds. The fourth-order valence-corrected chi connectivity index (χ4v) is 5.20. The maximum absolute atomic E-state index is 12.9. The summed E-state index contributed by atoms with van der Waals surface area (Å²) in [6, 6.07) is 6.67. The normalized spacial score (nSPS) is 17.5. The Labute approximate surface area is 233 Å². The summed E-state index contributed by atoms with van der Waals surface area (Å²) >= 11 is 6.46. The first-order valence-electron chi connectivity index (χ1n) is 12.3. The number of hydrogen-bond donors (Lipinski definition) is 1. The van der Waals surface area contributed by atoms with E-state index in [1.165, 1.54) is 6.33 Å². The number of ether oxygens (including phenoxy) is 1. The Morgan fingerprint density at radius 2 is 2.03 bits per heavy atom. The molecule has 1 aliphatic rings. The highest BCUT2D eigenvalue weighted by Gasteiger charge is 2.23. The van der Waals surface area contributed by atoms with Crippen LogP contribution in [0.3, 0.4) is 0 Å². The second-order valence-corrected chi connectivity index (χ2v) is 9.97. The molecule has 39 heavy (non-hydrogen) atoms. The van der Waals surface area contributed by atoms with Gasteiger partial charge in [0.1, 0.15) is 6.33 Å². The minimum atomic E-state index is -2.72. The van der Waals surface area contributed by atoms with Gasteiger partial charge in [0.25, 0.3) is 12.0 Å². The molecule has 1 fully saturated rings. The summed E-state index contributed by atoms with van der Waals surface area (Å²) in [5.41, 5.74) is 3.39. The Morgan fingerprint density at radius 3 is 2.77 bits per heavy atom. The van der Waals surface area contributed by atoms with Crippen LogP contribution in [0.2, 0.25) is 5.02 Å². The molecule has 1 N–H and O–H groups in total. The van der Waals surface area contributed by atoms with Crippen molar-refractivity contribution in [2.75, 3.05) is 13.1 Å². The maximum Gasteiger partial charge on any atom is 0.331 e. The molecule has 1 saturated heterocycles. The number of alkyl halides is 2. The number of fused-ring (bicyclic) bond motifs is 1. The first-order chi connectivity index (χ1) is 18.2. The number of benzene rings is 1. The van der Waals surface area contributed by atoms with Crippen LogP contribution in [0.25, 0.3) is 16.8 Å². The van der Waals surface area contributed by atoms with E-state index in [4.69, 9.17) is 16.3 Å². The Bertz CT molecular complexity index is 1600. The van der Waals surface area contributed by atoms with Crippen molar-refractivity contribution < 1.29 is 13.5 Å². The smallest absolute Gasteiger partial charge is 0.331 e. The number of hydrogen-bond acceptors (Lipinski definition) is 6. The molecular weight excluding hydrogens is 553 g/mol. The summed E-state index contributed by atoms with van der Waals surface area (Å²) in [5, 5.41) is 8.26. The van der Waals surface area contributed by atoms with Gasteiger partial charge in [-0.2, -0.15) is 5.10 Å². The maximum atomic E-state index is 12.9. The molecule has 4 heterocycles. The Hall–Kier alpha value is -3.12. The van der Waals surface area contributed by atoms with Gasteiger partial charge < -0.3 is 10.1 Å². The van der Waals surface area contributed by atoms with E-state index >= 15 is 0 Å². The number of rotatable bonds is 7.